The molecule has 0 bridgehead atoms. The molecule has 18 heavy (non-hydrogen) atoms. The molecule has 1 aliphatic rings. The zero-order valence-corrected chi connectivity index (χ0v) is 10.9. The maximum atomic E-state index is 12.0. The average Bonchev–Trinajstić information content (AvgIpc) is 3.04. The number of nitrogens with two attached hydrogens (primary N) is 1. The quantitative estimate of drug-likeness (QED) is 0.833. The van der Waals surface area contributed by atoms with E-state index in [1.165, 1.54) is 4.88 Å². The molecule has 1 aromatic heterocycles. The lowest BCUT2D eigenvalue weighted by molar-refractivity contribution is -0.133. The van der Waals surface area contributed by atoms with Gasteiger partial charge in [0.25, 0.3) is 0 Å². The molecule has 5 nitrogen and oxygen atoms in total. The summed E-state index contributed by atoms with van der Waals surface area (Å²) in [6.07, 6.45) is 2.01. The SMILES string of the molecule is NCC(=O)NCC(=O)N1CCCC1c1cccs1. The molecule has 1 atom stereocenters. The average molecular weight is 267 g/mol. The van der Waals surface area contributed by atoms with Crippen molar-refractivity contribution in [2.45, 2.75) is 18.9 Å². The predicted molar refractivity (Wildman–Crippen MR) is 70.1 cm³/mol. The van der Waals surface area contributed by atoms with E-state index >= 15 is 0 Å². The van der Waals surface area contributed by atoms with E-state index in [1.54, 1.807) is 11.3 Å². The maximum Gasteiger partial charge on any atom is 0.242 e. The molecule has 98 valence electrons. The van der Waals surface area contributed by atoms with Gasteiger partial charge in [0.15, 0.2) is 0 Å². The molecular weight excluding hydrogens is 250 g/mol. The number of hydrogen-bond acceptors (Lipinski definition) is 4. The highest BCUT2D eigenvalue weighted by Gasteiger charge is 2.30. The molecule has 2 rings (SSSR count). The highest BCUT2D eigenvalue weighted by atomic mass is 32.1. The minimum absolute atomic E-state index is 0.0345. The van der Waals surface area contributed by atoms with Crippen molar-refractivity contribution < 1.29 is 9.59 Å². The van der Waals surface area contributed by atoms with Gasteiger partial charge in [-0.05, 0) is 24.3 Å². The van der Waals surface area contributed by atoms with Gasteiger partial charge in [0.1, 0.15) is 0 Å². The second-order valence-electron chi connectivity index (χ2n) is 4.24. The Morgan fingerprint density at radius 3 is 3.06 bits per heavy atom. The predicted octanol–water partition coefficient (Wildman–Crippen LogP) is 0.486. The first kappa shape index (κ1) is 13.0. The minimum Gasteiger partial charge on any atom is -0.346 e. The zero-order valence-electron chi connectivity index (χ0n) is 10.1. The van der Waals surface area contributed by atoms with Gasteiger partial charge in [-0.15, -0.1) is 11.3 Å². The Kier molecular flexibility index (Phi) is 4.33. The molecule has 6 heteroatoms. The van der Waals surface area contributed by atoms with Crippen molar-refractivity contribution >= 4 is 23.2 Å². The summed E-state index contributed by atoms with van der Waals surface area (Å²) in [5, 5.41) is 4.54. The highest BCUT2D eigenvalue weighted by Crippen LogP contribution is 2.34. The lowest BCUT2D eigenvalue weighted by atomic mass is 10.2. The zero-order chi connectivity index (χ0) is 13.0. The smallest absolute Gasteiger partial charge is 0.242 e. The van der Waals surface area contributed by atoms with Crippen molar-refractivity contribution in [2.75, 3.05) is 19.6 Å². The summed E-state index contributed by atoms with van der Waals surface area (Å²) in [4.78, 5) is 26.1. The lowest BCUT2D eigenvalue weighted by Crippen LogP contribution is -2.41. The van der Waals surface area contributed by atoms with Crippen LogP contribution in [0, 0.1) is 0 Å². The number of nitrogens with zero attached hydrogens (tertiary/aromatic N) is 1. The summed E-state index contributed by atoms with van der Waals surface area (Å²) in [6.45, 7) is 0.722. The topological polar surface area (TPSA) is 75.4 Å². The number of carbonyl (C=O) groups is 2. The third-order valence-corrected chi connectivity index (χ3v) is 4.04. The number of carbonyl (C=O) groups excluding carboxylic acids is 2. The standard InChI is InChI=1S/C12H17N3O2S/c13-7-11(16)14-8-12(17)15-5-1-3-9(15)10-4-2-6-18-10/h2,4,6,9H,1,3,5,7-8,13H2,(H,14,16). The summed E-state index contributed by atoms with van der Waals surface area (Å²) < 4.78 is 0. The summed E-state index contributed by atoms with van der Waals surface area (Å²) >= 11 is 1.67. The van der Waals surface area contributed by atoms with Crippen LogP contribution in [0.4, 0.5) is 0 Å². The van der Waals surface area contributed by atoms with Gasteiger partial charge in [0, 0.05) is 11.4 Å². The van der Waals surface area contributed by atoms with Crippen LogP contribution in [0.15, 0.2) is 17.5 Å². The fraction of sp³-hybridized carbons (Fsp3) is 0.500. The van der Waals surface area contributed by atoms with Gasteiger partial charge >= 0.3 is 0 Å². The Bertz CT molecular complexity index is 419. The van der Waals surface area contributed by atoms with E-state index in [4.69, 9.17) is 5.73 Å². The van der Waals surface area contributed by atoms with Crippen LogP contribution in [-0.4, -0.2) is 36.3 Å². The highest BCUT2D eigenvalue weighted by molar-refractivity contribution is 7.10. The van der Waals surface area contributed by atoms with Crippen LogP contribution in [0.2, 0.25) is 0 Å². The number of likely N-dealkylation sites (tertiary alicyclic amines) is 1. The minimum atomic E-state index is -0.296. The molecule has 0 aromatic carbocycles. The van der Waals surface area contributed by atoms with Crippen molar-refractivity contribution in [3.8, 4) is 0 Å². The first-order valence-corrected chi connectivity index (χ1v) is 6.90. The van der Waals surface area contributed by atoms with E-state index < -0.39 is 0 Å². The molecule has 2 amide bonds. The van der Waals surface area contributed by atoms with Crippen molar-refractivity contribution in [3.63, 3.8) is 0 Å². The number of amides is 2. The molecule has 0 saturated carbocycles. The van der Waals surface area contributed by atoms with Gasteiger partial charge in [-0.3, -0.25) is 9.59 Å². The monoisotopic (exact) mass is 267 g/mol. The van der Waals surface area contributed by atoms with E-state index in [2.05, 4.69) is 11.4 Å². The van der Waals surface area contributed by atoms with E-state index in [9.17, 15) is 9.59 Å². The normalized spacial score (nSPS) is 18.9. The molecule has 0 spiro atoms. The van der Waals surface area contributed by atoms with Crippen molar-refractivity contribution in [3.05, 3.63) is 22.4 Å². The van der Waals surface area contributed by atoms with Crippen LogP contribution in [0.5, 0.6) is 0 Å². The number of thiophene rings is 1. The van der Waals surface area contributed by atoms with Gasteiger partial charge < -0.3 is 16.0 Å². The molecule has 1 aromatic rings. The van der Waals surface area contributed by atoms with Crippen molar-refractivity contribution in [2.24, 2.45) is 5.73 Å². The molecule has 1 aliphatic heterocycles. The third kappa shape index (κ3) is 2.88. The van der Waals surface area contributed by atoms with Crippen LogP contribution >= 0.6 is 11.3 Å². The van der Waals surface area contributed by atoms with Crippen LogP contribution < -0.4 is 11.1 Å². The van der Waals surface area contributed by atoms with E-state index in [0.717, 1.165) is 19.4 Å². The Labute approximate surface area is 110 Å². The Morgan fingerprint density at radius 1 is 1.56 bits per heavy atom. The van der Waals surface area contributed by atoms with Gasteiger partial charge in [0.05, 0.1) is 19.1 Å². The van der Waals surface area contributed by atoms with Crippen LogP contribution in [-0.2, 0) is 9.59 Å². The molecule has 2 heterocycles. The van der Waals surface area contributed by atoms with Gasteiger partial charge in [0.2, 0.25) is 11.8 Å². The van der Waals surface area contributed by atoms with E-state index in [1.807, 2.05) is 16.3 Å². The number of hydrogen-bond donors (Lipinski definition) is 2. The first-order valence-electron chi connectivity index (χ1n) is 6.02. The summed E-state index contributed by atoms with van der Waals surface area (Å²) in [6, 6.07) is 4.23. The molecule has 0 aliphatic carbocycles. The summed E-state index contributed by atoms with van der Waals surface area (Å²) in [5.74, 6) is -0.331. The number of nitrogens with one attached hydrogen (secondary N) is 1. The molecule has 3 N–H and O–H groups in total. The second kappa shape index (κ2) is 5.97. The maximum absolute atomic E-state index is 12.0. The molecule has 0 radical (unpaired) electrons. The summed E-state index contributed by atoms with van der Waals surface area (Å²) in [7, 11) is 0. The van der Waals surface area contributed by atoms with Gasteiger partial charge in [-0.1, -0.05) is 6.07 Å². The molecule has 1 fully saturated rings. The number of rotatable bonds is 4. The fourth-order valence-corrected chi connectivity index (χ4v) is 3.06. The fourth-order valence-electron chi connectivity index (χ4n) is 2.19. The summed E-state index contributed by atoms with van der Waals surface area (Å²) in [5.41, 5.74) is 5.18. The van der Waals surface area contributed by atoms with Gasteiger partial charge in [-0.2, -0.15) is 0 Å². The first-order chi connectivity index (χ1) is 8.72. The van der Waals surface area contributed by atoms with Gasteiger partial charge in [-0.25, -0.2) is 0 Å². The third-order valence-electron chi connectivity index (χ3n) is 3.07. The Hall–Kier alpha value is -1.40. The van der Waals surface area contributed by atoms with Crippen molar-refractivity contribution in [1.82, 2.24) is 10.2 Å². The Morgan fingerprint density at radius 2 is 2.39 bits per heavy atom. The molecule has 1 saturated heterocycles. The lowest BCUT2D eigenvalue weighted by Gasteiger charge is -2.24. The molecular formula is C12H17N3O2S. The van der Waals surface area contributed by atoms with E-state index in [0.29, 0.717) is 0 Å². The van der Waals surface area contributed by atoms with E-state index in [-0.39, 0.29) is 30.9 Å². The van der Waals surface area contributed by atoms with Crippen LogP contribution in [0.25, 0.3) is 0 Å². The molecule has 1 unspecified atom stereocenters. The largest absolute Gasteiger partial charge is 0.346 e. The second-order valence-corrected chi connectivity index (χ2v) is 5.22. The van der Waals surface area contributed by atoms with Crippen LogP contribution in [0.1, 0.15) is 23.8 Å². The van der Waals surface area contributed by atoms with Crippen molar-refractivity contribution in [1.29, 1.82) is 0 Å². The Balaban J connectivity index is 1.95. The van der Waals surface area contributed by atoms with Crippen LogP contribution in [0.3, 0.4) is 0 Å².